The third kappa shape index (κ3) is 14.8. The molecular weight excluding hydrogens is 1260 g/mol. The number of ether oxygens (including phenoxy) is 1. The van der Waals surface area contributed by atoms with Crippen molar-refractivity contribution in [2.75, 3.05) is 38.8 Å². The Morgan fingerprint density at radius 2 is 1.39 bits per heavy atom. The molecule has 8 aromatic rings. The van der Waals surface area contributed by atoms with Gasteiger partial charge in [0.25, 0.3) is 17.7 Å². The number of rotatable bonds is 15. The van der Waals surface area contributed by atoms with Gasteiger partial charge in [0.1, 0.15) is 82.2 Å². The topological polar surface area (TPSA) is 343 Å². The maximum Gasteiger partial charge on any atom is 0.306 e. The van der Waals surface area contributed by atoms with Crippen molar-refractivity contribution >= 4 is 115 Å². The number of nitrogens with one attached hydrogen (secondary N) is 5. The molecule has 89 heavy (non-hydrogen) atoms. The van der Waals surface area contributed by atoms with Crippen molar-refractivity contribution in [1.29, 1.82) is 0 Å². The van der Waals surface area contributed by atoms with Gasteiger partial charge in [0, 0.05) is 65.2 Å². The number of aromatic nitrogens is 7. The van der Waals surface area contributed by atoms with Crippen LogP contribution in [0.25, 0.3) is 43.4 Å². The minimum atomic E-state index is -1.29. The summed E-state index contributed by atoms with van der Waals surface area (Å²) < 4.78 is 5.46. The Labute approximate surface area is 534 Å². The maximum atomic E-state index is 14.4. The number of fused-ring (bicyclic) bond motifs is 14. The van der Waals surface area contributed by atoms with Crippen LogP contribution in [0, 0.1) is 24.7 Å². The van der Waals surface area contributed by atoms with E-state index >= 15 is 0 Å². The number of hydrogen-bond acceptors (Lipinski definition) is 23. The van der Waals surface area contributed by atoms with Gasteiger partial charge in [-0.05, 0) is 69.1 Å². The standard InChI is InChI=1S/C59H63N13O11S6/c1-28(2)43-57-71-46(39(89-57)23-83-5)50(78)61-22-42(75)68-47(48(76)30-11-7-6-8-12-30)56-66-38(26-86-56)54-64-36(24-85-54)45-33(52-65-37(25-84-52)49(77)63-35(21-41(74)60-4)55-70-44(29(3)88-55)51(79)69-43)17-18-34(62-45)53-67-40(27-87-53)72(19-9-10-20-73)58(80)31-13-15-32(16-14-31)59(81)82/h6-8,11-12,17-18,24-28,31-32,35,43,47-48,73,76H,9-10,13-16,19-23H2,1-5H3,(H,60,74)(H,61,78)(H,63,77)(H,68,75)(H,69,79)(H,81,82)/t31?,32?,35-,43-,47-,48-/m0/s1. The summed E-state index contributed by atoms with van der Waals surface area (Å²) in [5.74, 6) is -4.71. The van der Waals surface area contributed by atoms with Crippen LogP contribution in [0.2, 0.25) is 0 Å². The lowest BCUT2D eigenvalue weighted by Crippen LogP contribution is -2.40. The number of aryl methyl sites for hydroxylation is 1. The van der Waals surface area contributed by atoms with Gasteiger partial charge in [-0.25, -0.2) is 34.9 Å². The number of nitrogens with zero attached hydrogens (tertiary/aromatic N) is 8. The number of hydrogen-bond donors (Lipinski definition) is 8. The average molecular weight is 1320 g/mol. The van der Waals surface area contributed by atoms with Gasteiger partial charge in [-0.2, -0.15) is 0 Å². The van der Waals surface area contributed by atoms with Gasteiger partial charge in [-0.3, -0.25) is 38.5 Å². The number of carboxylic acids is 1. The van der Waals surface area contributed by atoms with Crippen LogP contribution in [0.4, 0.5) is 5.82 Å². The first kappa shape index (κ1) is 64.3. The number of aliphatic carboxylic acids is 1. The molecule has 4 atom stereocenters. The Hall–Kier alpha value is -7.68. The molecule has 10 bridgehead atoms. The smallest absolute Gasteiger partial charge is 0.306 e. The molecule has 1 fully saturated rings. The maximum absolute atomic E-state index is 14.4. The van der Waals surface area contributed by atoms with Crippen LogP contribution in [0.1, 0.15) is 145 Å². The van der Waals surface area contributed by atoms with Crippen LogP contribution in [-0.2, 0) is 30.5 Å². The van der Waals surface area contributed by atoms with E-state index in [1.165, 1.54) is 70.8 Å². The van der Waals surface area contributed by atoms with E-state index in [1.54, 1.807) is 75.8 Å². The highest BCUT2D eigenvalue weighted by molar-refractivity contribution is 7.15. The number of carbonyl (C=O) groups excluding carboxylic acids is 6. The Morgan fingerprint density at radius 3 is 2.12 bits per heavy atom. The van der Waals surface area contributed by atoms with Crippen molar-refractivity contribution in [2.45, 2.75) is 96.6 Å². The van der Waals surface area contributed by atoms with Gasteiger partial charge >= 0.3 is 5.97 Å². The van der Waals surface area contributed by atoms with Crippen LogP contribution in [0.5, 0.6) is 0 Å². The van der Waals surface area contributed by atoms with Crippen LogP contribution in [-0.4, -0.2) is 125 Å². The summed E-state index contributed by atoms with van der Waals surface area (Å²) in [5.41, 5.74) is 2.63. The van der Waals surface area contributed by atoms with E-state index in [2.05, 4.69) is 26.6 Å². The van der Waals surface area contributed by atoms with E-state index in [9.17, 15) is 48.9 Å². The normalized spacial score (nSPS) is 18.7. The number of pyridine rings is 1. The van der Waals surface area contributed by atoms with Crippen molar-refractivity contribution in [3.8, 4) is 43.4 Å². The molecule has 0 unspecified atom stereocenters. The molecule has 10 rings (SSSR count). The number of carbonyl (C=O) groups is 7. The fraction of sp³-hybridized carbons (Fsp3) is 0.390. The monoisotopic (exact) mass is 1320 g/mol. The van der Waals surface area contributed by atoms with Crippen LogP contribution >= 0.6 is 68.0 Å². The van der Waals surface area contributed by atoms with Gasteiger partial charge in [0.15, 0.2) is 0 Å². The summed E-state index contributed by atoms with van der Waals surface area (Å²) in [6.07, 6.45) is 1.07. The Kier molecular flexibility index (Phi) is 20.9. The summed E-state index contributed by atoms with van der Waals surface area (Å²) in [6, 6.07) is 9.47. The zero-order valence-corrected chi connectivity index (χ0v) is 53.7. The SMILES string of the molecule is CNC(=O)C[C@@H]1NC(=O)c2csc(n2)-c2ccc(-c3nc(N(CCCCO)C(=O)C4CCC(C(=O)O)CC4)cs3)nc2-c2csc(n2)-c2csc(n2)[C@H]([C@@H](O)c2ccccc2)NC(=O)CNC(=O)c2nc(sc2COC)[C@H](C(C)C)NC(=O)c2nc1sc2C. The molecule has 8 heterocycles. The van der Waals surface area contributed by atoms with Crippen molar-refractivity contribution in [3.05, 3.63) is 111 Å². The molecule has 1 aliphatic heterocycles. The lowest BCUT2D eigenvalue weighted by atomic mass is 9.81. The van der Waals surface area contributed by atoms with Gasteiger partial charge in [0.05, 0.1) is 48.1 Å². The summed E-state index contributed by atoms with van der Waals surface area (Å²) in [4.78, 5) is 133. The highest BCUT2D eigenvalue weighted by Gasteiger charge is 2.36. The first-order valence-electron chi connectivity index (χ1n) is 28.5. The van der Waals surface area contributed by atoms with E-state index in [0.29, 0.717) is 113 Å². The summed E-state index contributed by atoms with van der Waals surface area (Å²) in [6.45, 7) is 5.17. The predicted molar refractivity (Wildman–Crippen MR) is 339 cm³/mol. The number of methoxy groups -OCH3 is 1. The first-order chi connectivity index (χ1) is 42.9. The van der Waals surface area contributed by atoms with E-state index in [-0.39, 0.29) is 60.1 Å². The highest BCUT2D eigenvalue weighted by atomic mass is 32.1. The molecule has 7 aromatic heterocycles. The molecule has 0 saturated heterocycles. The molecule has 1 aromatic carbocycles. The molecule has 24 nitrogen and oxygen atoms in total. The predicted octanol–water partition coefficient (Wildman–Crippen LogP) is 8.31. The molecular formula is C59H63N13O11S6. The van der Waals surface area contributed by atoms with Crippen LogP contribution < -0.4 is 31.5 Å². The van der Waals surface area contributed by atoms with Gasteiger partial charge in [0.2, 0.25) is 17.7 Å². The number of thiazole rings is 6. The quantitative estimate of drug-likeness (QED) is 0.0447. The number of aliphatic hydroxyl groups is 2. The zero-order valence-electron chi connectivity index (χ0n) is 48.8. The highest BCUT2D eigenvalue weighted by Crippen LogP contribution is 2.41. The molecule has 1 aliphatic carbocycles. The van der Waals surface area contributed by atoms with E-state index in [1.807, 2.05) is 13.8 Å². The van der Waals surface area contributed by atoms with Gasteiger partial charge in [-0.15, -0.1) is 68.0 Å². The second-order valence-corrected chi connectivity index (χ2v) is 27.3. The van der Waals surface area contributed by atoms with E-state index in [4.69, 9.17) is 39.6 Å². The molecule has 0 radical (unpaired) electrons. The number of aliphatic hydroxyl groups excluding tert-OH is 2. The minimum Gasteiger partial charge on any atom is -0.481 e. The third-order valence-electron chi connectivity index (χ3n) is 15.0. The number of benzene rings is 1. The Balaban J connectivity index is 1.04. The second kappa shape index (κ2) is 28.9. The van der Waals surface area contributed by atoms with E-state index < -0.39 is 78.1 Å². The lowest BCUT2D eigenvalue weighted by Gasteiger charge is -2.30. The fourth-order valence-electron chi connectivity index (χ4n) is 10.2. The van der Waals surface area contributed by atoms with Crippen molar-refractivity contribution in [2.24, 2.45) is 17.8 Å². The fourth-order valence-corrected chi connectivity index (χ4v) is 15.8. The number of anilines is 1. The average Bonchev–Trinajstić information content (AvgIpc) is 3.00. The molecule has 6 amide bonds. The Bertz CT molecular complexity index is 3890. The molecule has 8 N–H and O–H groups in total. The minimum absolute atomic E-state index is 0.00449. The molecule has 2 aliphatic rings. The van der Waals surface area contributed by atoms with E-state index in [0.717, 1.165) is 11.3 Å². The Morgan fingerprint density at radius 1 is 0.697 bits per heavy atom. The summed E-state index contributed by atoms with van der Waals surface area (Å²) >= 11 is 7.19. The second-order valence-electron chi connectivity index (χ2n) is 21.5. The molecule has 30 heteroatoms. The number of unbranched alkanes of at least 4 members (excludes halogenated alkanes) is 1. The first-order valence-corrected chi connectivity index (χ1v) is 33.6. The summed E-state index contributed by atoms with van der Waals surface area (Å²) in [7, 11) is 2.94. The number of carboxylic acid groups (broad SMARTS) is 1. The zero-order chi connectivity index (χ0) is 63.0. The number of amides is 6. The largest absolute Gasteiger partial charge is 0.481 e. The van der Waals surface area contributed by atoms with Gasteiger partial charge in [-0.1, -0.05) is 44.2 Å². The molecule has 1 saturated carbocycles. The molecule has 0 spiro atoms. The van der Waals surface area contributed by atoms with Gasteiger partial charge < -0.3 is 46.6 Å². The van der Waals surface area contributed by atoms with Crippen LogP contribution in [0.15, 0.2) is 64.0 Å². The molecule has 466 valence electrons. The van der Waals surface area contributed by atoms with Crippen molar-refractivity contribution < 1.29 is 53.6 Å². The lowest BCUT2D eigenvalue weighted by molar-refractivity contribution is -0.144. The van der Waals surface area contributed by atoms with Crippen LogP contribution in [0.3, 0.4) is 0 Å². The van der Waals surface area contributed by atoms with Crippen molar-refractivity contribution in [3.63, 3.8) is 0 Å². The third-order valence-corrected chi connectivity index (χ3v) is 20.7. The summed E-state index contributed by atoms with van der Waals surface area (Å²) in [5, 5.41) is 54.6. The van der Waals surface area contributed by atoms with Crippen molar-refractivity contribution in [1.82, 2.24) is 61.5 Å².